The first-order valence-electron chi connectivity index (χ1n) is 12.6. The van der Waals surface area contributed by atoms with Crippen molar-refractivity contribution >= 4 is 66.4 Å². The van der Waals surface area contributed by atoms with E-state index in [0.29, 0.717) is 46.6 Å². The number of Topliss-reactive ketones (excluding diaryl/α,β-unsaturated/α-hetero) is 2. The van der Waals surface area contributed by atoms with Crippen LogP contribution in [0.15, 0.2) is 42.5 Å². The summed E-state index contributed by atoms with van der Waals surface area (Å²) < 4.78 is 19.0. The predicted octanol–water partition coefficient (Wildman–Crippen LogP) is 6.31. The molecule has 1 unspecified atom stereocenters. The van der Waals surface area contributed by atoms with Crippen LogP contribution in [0.4, 0.5) is 0 Å². The highest BCUT2D eigenvalue weighted by Gasteiger charge is 2.20. The first-order valence-corrected chi connectivity index (χ1v) is 14.2. The molecule has 0 aliphatic carbocycles. The molecule has 1 atom stereocenters. The van der Waals surface area contributed by atoms with E-state index in [9.17, 15) is 19.2 Å². The van der Waals surface area contributed by atoms with Crippen molar-refractivity contribution in [2.24, 2.45) is 5.92 Å². The highest BCUT2D eigenvalue weighted by molar-refractivity contribution is 7.21. The maximum absolute atomic E-state index is 12.5. The van der Waals surface area contributed by atoms with Crippen molar-refractivity contribution < 1.29 is 43.6 Å². The van der Waals surface area contributed by atoms with E-state index in [2.05, 4.69) is 0 Å². The number of fused-ring (bicyclic) bond motifs is 2. The minimum Gasteiger partial charge on any atom is -0.493 e. The van der Waals surface area contributed by atoms with E-state index in [4.69, 9.17) is 24.4 Å². The van der Waals surface area contributed by atoms with Crippen molar-refractivity contribution in [1.29, 1.82) is 0 Å². The van der Waals surface area contributed by atoms with Gasteiger partial charge in [0.2, 0.25) is 0 Å². The van der Waals surface area contributed by atoms with Crippen LogP contribution in [0, 0.1) is 5.92 Å². The van der Waals surface area contributed by atoms with Gasteiger partial charge in [-0.2, -0.15) is 0 Å². The molecule has 0 aliphatic rings. The summed E-state index contributed by atoms with van der Waals surface area (Å²) in [6, 6.07) is 12.7. The van der Waals surface area contributed by atoms with Crippen LogP contribution >= 0.6 is 22.7 Å². The Bertz CT molecular complexity index is 1570. The number of carbonyl (C=O) groups is 4. The van der Waals surface area contributed by atoms with Gasteiger partial charge in [-0.3, -0.25) is 19.2 Å². The van der Waals surface area contributed by atoms with Crippen LogP contribution in [0.1, 0.15) is 52.0 Å². The number of carbonyl (C=O) groups excluding carboxylic acids is 2. The molecular weight excluding hydrogens is 556 g/mol. The average Bonchev–Trinajstić information content (AvgIpc) is 3.54. The van der Waals surface area contributed by atoms with E-state index in [0.717, 1.165) is 20.2 Å². The number of ketones is 2. The van der Waals surface area contributed by atoms with Crippen LogP contribution < -0.4 is 14.2 Å². The molecular formula is C29H28O9S2. The van der Waals surface area contributed by atoms with Crippen LogP contribution in [0.3, 0.4) is 0 Å². The van der Waals surface area contributed by atoms with E-state index in [1.54, 1.807) is 18.2 Å². The highest BCUT2D eigenvalue weighted by Crippen LogP contribution is 2.37. The normalized spacial score (nSPS) is 11.8. The fourth-order valence-corrected chi connectivity index (χ4v) is 5.98. The summed E-state index contributed by atoms with van der Waals surface area (Å²) in [5, 5.41) is 19.5. The molecule has 0 saturated carbocycles. The van der Waals surface area contributed by atoms with Crippen LogP contribution in [-0.2, 0) is 9.59 Å². The van der Waals surface area contributed by atoms with Crippen LogP contribution in [0.5, 0.6) is 17.2 Å². The second-order valence-corrected chi connectivity index (χ2v) is 11.4. The quantitative estimate of drug-likeness (QED) is 0.122. The van der Waals surface area contributed by atoms with Crippen molar-refractivity contribution in [3.63, 3.8) is 0 Å². The van der Waals surface area contributed by atoms with E-state index in [1.807, 2.05) is 24.3 Å². The molecule has 0 saturated heterocycles. The van der Waals surface area contributed by atoms with Gasteiger partial charge in [0.15, 0.2) is 23.1 Å². The number of ether oxygens (including phenoxy) is 3. The molecule has 2 aromatic carbocycles. The number of rotatable bonds is 15. The maximum Gasteiger partial charge on any atom is 0.306 e. The maximum atomic E-state index is 12.5. The molecule has 0 fully saturated rings. The zero-order chi connectivity index (χ0) is 28.8. The lowest BCUT2D eigenvalue weighted by Crippen LogP contribution is -2.13. The van der Waals surface area contributed by atoms with Gasteiger partial charge in [0.1, 0.15) is 5.75 Å². The summed E-state index contributed by atoms with van der Waals surface area (Å²) in [6.07, 6.45) is 0.308. The molecule has 2 N–H and O–H groups in total. The molecule has 40 heavy (non-hydrogen) atoms. The molecule has 210 valence electrons. The Hall–Kier alpha value is -3.96. The van der Waals surface area contributed by atoms with Gasteiger partial charge in [-0.1, -0.05) is 6.92 Å². The van der Waals surface area contributed by atoms with Crippen molar-refractivity contribution in [2.45, 2.75) is 32.6 Å². The SMILES string of the molecule is COc1cc2sc(C(=O)CC(C)C(=O)O)cc2cc1OCCCOc1ccc2sc(C(=O)CCC(=O)O)cc2c1. The van der Waals surface area contributed by atoms with Gasteiger partial charge in [0, 0.05) is 34.7 Å². The molecule has 0 spiro atoms. The Morgan fingerprint density at radius 3 is 2.17 bits per heavy atom. The second kappa shape index (κ2) is 12.9. The van der Waals surface area contributed by atoms with E-state index in [-0.39, 0.29) is 30.8 Å². The highest BCUT2D eigenvalue weighted by atomic mass is 32.1. The number of methoxy groups -OCH3 is 1. The second-order valence-electron chi connectivity index (χ2n) is 9.20. The summed E-state index contributed by atoms with van der Waals surface area (Å²) in [5.41, 5.74) is 0. The fourth-order valence-electron chi connectivity index (χ4n) is 3.95. The Balaban J connectivity index is 1.32. The zero-order valence-corrected chi connectivity index (χ0v) is 23.6. The van der Waals surface area contributed by atoms with Gasteiger partial charge in [0.05, 0.1) is 42.4 Å². The van der Waals surface area contributed by atoms with Crippen molar-refractivity contribution in [2.75, 3.05) is 20.3 Å². The summed E-state index contributed by atoms with van der Waals surface area (Å²) in [4.78, 5) is 47.6. The van der Waals surface area contributed by atoms with Gasteiger partial charge >= 0.3 is 11.9 Å². The summed E-state index contributed by atoms with van der Waals surface area (Å²) in [5.74, 6) is -1.43. The summed E-state index contributed by atoms with van der Waals surface area (Å²) in [7, 11) is 1.54. The molecule has 0 amide bonds. The Labute approximate surface area is 237 Å². The minimum atomic E-state index is -1.00. The van der Waals surface area contributed by atoms with Crippen molar-refractivity contribution in [1.82, 2.24) is 0 Å². The van der Waals surface area contributed by atoms with E-state index < -0.39 is 17.9 Å². The third kappa shape index (κ3) is 7.16. The third-order valence-electron chi connectivity index (χ3n) is 6.13. The first-order chi connectivity index (χ1) is 19.1. The van der Waals surface area contributed by atoms with Crippen molar-refractivity contribution in [3.05, 3.63) is 52.2 Å². The monoisotopic (exact) mass is 584 g/mol. The molecule has 2 heterocycles. The Morgan fingerprint density at radius 1 is 0.800 bits per heavy atom. The number of hydrogen-bond acceptors (Lipinski definition) is 9. The largest absolute Gasteiger partial charge is 0.493 e. The van der Waals surface area contributed by atoms with Crippen LogP contribution in [-0.4, -0.2) is 54.0 Å². The van der Waals surface area contributed by atoms with Gasteiger partial charge < -0.3 is 24.4 Å². The number of carboxylic acid groups (broad SMARTS) is 2. The summed E-state index contributed by atoms with van der Waals surface area (Å²) in [6.45, 7) is 2.26. The van der Waals surface area contributed by atoms with Crippen molar-refractivity contribution in [3.8, 4) is 17.2 Å². The van der Waals surface area contributed by atoms with E-state index >= 15 is 0 Å². The molecule has 0 aliphatic heterocycles. The van der Waals surface area contributed by atoms with Crippen LogP contribution in [0.25, 0.3) is 20.2 Å². The van der Waals surface area contributed by atoms with Gasteiger partial charge in [-0.05, 0) is 47.2 Å². The standard InChI is InChI=1S/C29H28O9S2/c1-16(29(34)35)10-21(31)27-14-18-12-23(22(36-2)15-25(18)40-27)38-9-3-8-37-19-4-6-24-17(11-19)13-26(39-24)20(30)5-7-28(32)33/h4,6,11-16H,3,5,7-10H2,1-2H3,(H,32,33)(H,34,35). The number of benzene rings is 2. The molecule has 9 nitrogen and oxygen atoms in total. The third-order valence-corrected chi connectivity index (χ3v) is 8.43. The average molecular weight is 585 g/mol. The molecule has 4 rings (SSSR count). The Kier molecular flexibility index (Phi) is 9.38. The van der Waals surface area contributed by atoms with Gasteiger partial charge in [-0.15, -0.1) is 22.7 Å². The van der Waals surface area contributed by atoms with E-state index in [1.165, 1.54) is 36.7 Å². The number of carboxylic acids is 2. The minimum absolute atomic E-state index is 0.0268. The van der Waals surface area contributed by atoms with Gasteiger partial charge in [-0.25, -0.2) is 0 Å². The van der Waals surface area contributed by atoms with Gasteiger partial charge in [0.25, 0.3) is 0 Å². The molecule has 4 aromatic rings. The molecule has 11 heteroatoms. The predicted molar refractivity (Wildman–Crippen MR) is 153 cm³/mol. The molecule has 0 radical (unpaired) electrons. The zero-order valence-electron chi connectivity index (χ0n) is 21.9. The Morgan fingerprint density at radius 2 is 1.48 bits per heavy atom. The first kappa shape index (κ1) is 29.0. The van der Waals surface area contributed by atoms with Crippen LogP contribution in [0.2, 0.25) is 0 Å². The fraction of sp³-hybridized carbons (Fsp3) is 0.310. The molecule has 2 aromatic heterocycles. The number of hydrogen-bond donors (Lipinski definition) is 2. The lowest BCUT2D eigenvalue weighted by molar-refractivity contribution is -0.141. The number of thiophene rings is 2. The number of aliphatic carboxylic acids is 2. The molecule has 0 bridgehead atoms. The lowest BCUT2D eigenvalue weighted by atomic mass is 10.0. The lowest BCUT2D eigenvalue weighted by Gasteiger charge is -2.11. The summed E-state index contributed by atoms with van der Waals surface area (Å²) >= 11 is 2.63. The smallest absolute Gasteiger partial charge is 0.306 e. The topological polar surface area (TPSA) is 136 Å².